The Morgan fingerprint density at radius 1 is 1.39 bits per heavy atom. The molecule has 102 valence electrons. The Morgan fingerprint density at radius 2 is 2.17 bits per heavy atom. The highest BCUT2D eigenvalue weighted by atomic mass is 16.4. The summed E-state index contributed by atoms with van der Waals surface area (Å²) in [5.74, 6) is -0.203. The average molecular weight is 254 g/mol. The third kappa shape index (κ3) is 3.45. The summed E-state index contributed by atoms with van der Waals surface area (Å²) >= 11 is 0. The lowest BCUT2D eigenvalue weighted by molar-refractivity contribution is -0.140. The lowest BCUT2D eigenvalue weighted by Gasteiger charge is -2.41. The molecule has 2 aliphatic rings. The van der Waals surface area contributed by atoms with Crippen molar-refractivity contribution in [3.8, 4) is 0 Å². The minimum atomic E-state index is -0.824. The maximum absolute atomic E-state index is 11.9. The smallest absolute Gasteiger partial charge is 0.305 e. The van der Waals surface area contributed by atoms with Crippen molar-refractivity contribution in [1.29, 1.82) is 0 Å². The van der Waals surface area contributed by atoms with E-state index in [1.165, 1.54) is 0 Å². The molecule has 2 rings (SSSR count). The Hall–Kier alpha value is -1.10. The largest absolute Gasteiger partial charge is 0.481 e. The van der Waals surface area contributed by atoms with Gasteiger partial charge in [0.25, 0.3) is 0 Å². The minimum absolute atomic E-state index is 0.0165. The Kier molecular flexibility index (Phi) is 4.22. The SMILES string of the molecule is O=C(O)CC1(NC(=O)CCC2CCNC2)CCC1. The molecule has 1 aliphatic carbocycles. The third-order valence-corrected chi connectivity index (χ3v) is 4.15. The van der Waals surface area contributed by atoms with Crippen molar-refractivity contribution in [2.24, 2.45) is 5.92 Å². The molecule has 1 saturated carbocycles. The second-order valence-electron chi connectivity index (χ2n) is 5.65. The summed E-state index contributed by atoms with van der Waals surface area (Å²) in [5.41, 5.74) is -0.448. The van der Waals surface area contributed by atoms with Crippen LogP contribution in [0.15, 0.2) is 0 Å². The van der Waals surface area contributed by atoms with Crippen LogP contribution in [0.2, 0.25) is 0 Å². The molecular formula is C13H22N2O3. The lowest BCUT2D eigenvalue weighted by Crippen LogP contribution is -2.54. The highest BCUT2D eigenvalue weighted by molar-refractivity contribution is 5.78. The van der Waals surface area contributed by atoms with E-state index in [0.717, 1.165) is 45.2 Å². The second kappa shape index (κ2) is 5.69. The van der Waals surface area contributed by atoms with Crippen molar-refractivity contribution in [2.75, 3.05) is 13.1 Å². The number of amides is 1. The van der Waals surface area contributed by atoms with Gasteiger partial charge in [-0.15, -0.1) is 0 Å². The first-order chi connectivity index (χ1) is 8.60. The van der Waals surface area contributed by atoms with Crippen molar-refractivity contribution in [3.63, 3.8) is 0 Å². The molecule has 1 amide bonds. The molecule has 0 bridgehead atoms. The molecule has 0 aromatic heterocycles. The van der Waals surface area contributed by atoms with Crippen LogP contribution in [-0.4, -0.2) is 35.6 Å². The molecule has 0 aromatic carbocycles. The molecule has 3 N–H and O–H groups in total. The fourth-order valence-corrected chi connectivity index (χ4v) is 2.89. The van der Waals surface area contributed by atoms with Gasteiger partial charge in [-0.3, -0.25) is 9.59 Å². The van der Waals surface area contributed by atoms with Gasteiger partial charge in [0.15, 0.2) is 0 Å². The molecule has 1 unspecified atom stereocenters. The minimum Gasteiger partial charge on any atom is -0.481 e. The van der Waals surface area contributed by atoms with E-state index in [4.69, 9.17) is 5.11 Å². The predicted octanol–water partition coefficient (Wildman–Crippen LogP) is 0.890. The van der Waals surface area contributed by atoms with Gasteiger partial charge in [0.1, 0.15) is 0 Å². The van der Waals surface area contributed by atoms with Crippen LogP contribution in [0.1, 0.15) is 44.9 Å². The number of carboxylic acids is 1. The van der Waals surface area contributed by atoms with Crippen molar-refractivity contribution >= 4 is 11.9 Å². The average Bonchev–Trinajstić information content (AvgIpc) is 2.75. The number of nitrogens with one attached hydrogen (secondary N) is 2. The van der Waals surface area contributed by atoms with Crippen molar-refractivity contribution in [3.05, 3.63) is 0 Å². The molecule has 0 spiro atoms. The Bertz CT molecular complexity index is 320. The summed E-state index contributed by atoms with van der Waals surface area (Å²) in [6.45, 7) is 2.06. The van der Waals surface area contributed by atoms with Gasteiger partial charge >= 0.3 is 5.97 Å². The lowest BCUT2D eigenvalue weighted by atomic mass is 9.74. The van der Waals surface area contributed by atoms with Gasteiger partial charge in [-0.05, 0) is 51.1 Å². The van der Waals surface area contributed by atoms with E-state index < -0.39 is 11.5 Å². The first-order valence-corrected chi connectivity index (χ1v) is 6.83. The van der Waals surface area contributed by atoms with E-state index in [0.29, 0.717) is 12.3 Å². The Labute approximate surface area is 107 Å². The predicted molar refractivity (Wildman–Crippen MR) is 67.2 cm³/mol. The molecule has 0 aromatic rings. The maximum atomic E-state index is 11.9. The van der Waals surface area contributed by atoms with Crippen LogP contribution in [0.25, 0.3) is 0 Å². The van der Waals surface area contributed by atoms with Crippen LogP contribution in [0, 0.1) is 5.92 Å². The fraction of sp³-hybridized carbons (Fsp3) is 0.846. The summed E-state index contributed by atoms with van der Waals surface area (Å²) < 4.78 is 0. The molecule has 0 radical (unpaired) electrons. The number of carbonyl (C=O) groups excluding carboxylic acids is 1. The van der Waals surface area contributed by atoms with Gasteiger partial charge in [0.05, 0.1) is 12.0 Å². The van der Waals surface area contributed by atoms with Crippen LogP contribution in [0.5, 0.6) is 0 Å². The number of rotatable bonds is 6. The molecule has 5 nitrogen and oxygen atoms in total. The first kappa shape index (κ1) is 13.3. The number of carboxylic acid groups (broad SMARTS) is 1. The highest BCUT2D eigenvalue weighted by Crippen LogP contribution is 2.35. The van der Waals surface area contributed by atoms with Crippen LogP contribution in [0.4, 0.5) is 0 Å². The zero-order valence-electron chi connectivity index (χ0n) is 10.7. The molecule has 18 heavy (non-hydrogen) atoms. The van der Waals surface area contributed by atoms with E-state index in [1.54, 1.807) is 0 Å². The Balaban J connectivity index is 1.73. The fourth-order valence-electron chi connectivity index (χ4n) is 2.89. The van der Waals surface area contributed by atoms with Gasteiger partial charge in [-0.2, -0.15) is 0 Å². The van der Waals surface area contributed by atoms with E-state index in [1.807, 2.05) is 0 Å². The zero-order chi connectivity index (χ0) is 13.0. The van der Waals surface area contributed by atoms with Crippen molar-refractivity contribution < 1.29 is 14.7 Å². The molecule has 5 heteroatoms. The van der Waals surface area contributed by atoms with Gasteiger partial charge < -0.3 is 15.7 Å². The van der Waals surface area contributed by atoms with Crippen LogP contribution >= 0.6 is 0 Å². The normalized spacial score (nSPS) is 25.4. The van der Waals surface area contributed by atoms with Crippen molar-refractivity contribution in [1.82, 2.24) is 10.6 Å². The summed E-state index contributed by atoms with van der Waals surface area (Å²) in [6, 6.07) is 0. The summed E-state index contributed by atoms with van der Waals surface area (Å²) in [4.78, 5) is 22.7. The van der Waals surface area contributed by atoms with Crippen LogP contribution in [0.3, 0.4) is 0 Å². The second-order valence-corrected chi connectivity index (χ2v) is 5.65. The highest BCUT2D eigenvalue weighted by Gasteiger charge is 2.40. The van der Waals surface area contributed by atoms with E-state index in [9.17, 15) is 9.59 Å². The van der Waals surface area contributed by atoms with Crippen molar-refractivity contribution in [2.45, 2.75) is 50.5 Å². The number of hydrogen-bond donors (Lipinski definition) is 3. The van der Waals surface area contributed by atoms with E-state index in [-0.39, 0.29) is 12.3 Å². The molecular weight excluding hydrogens is 232 g/mol. The molecule has 1 heterocycles. The first-order valence-electron chi connectivity index (χ1n) is 6.83. The topological polar surface area (TPSA) is 78.4 Å². The van der Waals surface area contributed by atoms with Gasteiger partial charge in [-0.25, -0.2) is 0 Å². The van der Waals surface area contributed by atoms with E-state index in [2.05, 4.69) is 10.6 Å². The molecule has 2 fully saturated rings. The molecule has 1 atom stereocenters. The maximum Gasteiger partial charge on any atom is 0.305 e. The summed E-state index contributed by atoms with van der Waals surface area (Å²) in [7, 11) is 0. The standard InChI is InChI=1S/C13H22N2O3/c16-11(3-2-10-4-7-14-9-10)15-13(5-1-6-13)8-12(17)18/h10,14H,1-9H2,(H,15,16)(H,17,18). The molecule has 1 saturated heterocycles. The van der Waals surface area contributed by atoms with Gasteiger partial charge in [0.2, 0.25) is 5.91 Å². The molecule has 1 aliphatic heterocycles. The third-order valence-electron chi connectivity index (χ3n) is 4.15. The van der Waals surface area contributed by atoms with Gasteiger partial charge in [-0.1, -0.05) is 0 Å². The Morgan fingerprint density at radius 3 is 2.67 bits per heavy atom. The van der Waals surface area contributed by atoms with E-state index >= 15 is 0 Å². The number of aliphatic carboxylic acids is 1. The van der Waals surface area contributed by atoms with Crippen LogP contribution < -0.4 is 10.6 Å². The number of hydrogen-bond acceptors (Lipinski definition) is 3. The number of carbonyl (C=O) groups is 2. The quantitative estimate of drug-likeness (QED) is 0.658. The summed E-state index contributed by atoms with van der Waals surface area (Å²) in [6.07, 6.45) is 5.25. The monoisotopic (exact) mass is 254 g/mol. The van der Waals surface area contributed by atoms with Gasteiger partial charge in [0, 0.05) is 6.42 Å². The van der Waals surface area contributed by atoms with Crippen LogP contribution in [-0.2, 0) is 9.59 Å². The summed E-state index contributed by atoms with van der Waals surface area (Å²) in [5, 5.41) is 15.1. The zero-order valence-corrected chi connectivity index (χ0v) is 10.7.